The number of nitrogens with zero attached hydrogens (tertiary/aromatic N) is 3. The van der Waals surface area contributed by atoms with E-state index in [2.05, 4.69) is 50.1 Å². The van der Waals surface area contributed by atoms with Crippen molar-refractivity contribution in [3.05, 3.63) is 9.48 Å². The summed E-state index contributed by atoms with van der Waals surface area (Å²) in [6.45, 7) is 3.43. The minimum absolute atomic E-state index is 0.0198. The largest absolute Gasteiger partial charge is 0.435 e. The number of hydrogen-bond acceptors (Lipinski definition) is 5. The van der Waals surface area contributed by atoms with Crippen LogP contribution in [0.1, 0.15) is 12.1 Å². The van der Waals surface area contributed by atoms with Crippen LogP contribution < -0.4 is 5.32 Å². The van der Waals surface area contributed by atoms with Crippen LogP contribution in [0.25, 0.3) is 0 Å². The number of halogens is 4. The molecule has 0 aromatic carbocycles. The first-order valence-corrected chi connectivity index (χ1v) is 8.24. The number of anilines is 1. The number of nitrogens with one attached hydrogen (secondary N) is 1. The number of hydrogen-bond donors (Lipinski definition) is 1. The van der Waals surface area contributed by atoms with Crippen LogP contribution in [-0.2, 0) is 6.18 Å². The highest BCUT2D eigenvalue weighted by Gasteiger charge is 2.37. The SMILES string of the molecule is CN(C)[C@@H]1CCN(CCNc2nc(C(F)(F)F)c(Br)s2)C1. The van der Waals surface area contributed by atoms with E-state index in [-0.39, 0.29) is 3.79 Å². The minimum Gasteiger partial charge on any atom is -0.360 e. The first kappa shape index (κ1) is 17.0. The van der Waals surface area contributed by atoms with Crippen molar-refractivity contribution in [2.45, 2.75) is 18.6 Å². The van der Waals surface area contributed by atoms with E-state index < -0.39 is 11.9 Å². The molecule has 2 rings (SSSR count). The van der Waals surface area contributed by atoms with Crippen LogP contribution in [0.3, 0.4) is 0 Å². The summed E-state index contributed by atoms with van der Waals surface area (Å²) < 4.78 is 37.9. The summed E-state index contributed by atoms with van der Waals surface area (Å²) >= 11 is 3.89. The fourth-order valence-electron chi connectivity index (χ4n) is 2.31. The Morgan fingerprint density at radius 1 is 1.48 bits per heavy atom. The van der Waals surface area contributed by atoms with Crippen molar-refractivity contribution >= 4 is 32.4 Å². The van der Waals surface area contributed by atoms with Gasteiger partial charge < -0.3 is 10.2 Å². The average Bonchev–Trinajstić information content (AvgIpc) is 2.95. The van der Waals surface area contributed by atoms with Crippen LogP contribution in [-0.4, -0.2) is 61.1 Å². The summed E-state index contributed by atoms with van der Waals surface area (Å²) in [6, 6.07) is 0.566. The molecule has 0 amide bonds. The molecular weight excluding hydrogens is 369 g/mol. The Hall–Kier alpha value is -0.380. The number of rotatable bonds is 5. The van der Waals surface area contributed by atoms with Gasteiger partial charge >= 0.3 is 6.18 Å². The molecule has 4 nitrogen and oxygen atoms in total. The first-order valence-electron chi connectivity index (χ1n) is 6.63. The number of aromatic nitrogens is 1. The van der Waals surface area contributed by atoms with Crippen molar-refractivity contribution in [2.24, 2.45) is 0 Å². The standard InChI is InChI=1S/C12H18BrF3N4S/c1-19(2)8-3-5-20(7-8)6-4-17-11-18-9(10(13)21-11)12(14,15)16/h8H,3-7H2,1-2H3,(H,17,18)/t8-/m1/s1. The van der Waals surface area contributed by atoms with Gasteiger partial charge in [0.1, 0.15) is 3.79 Å². The third-order valence-electron chi connectivity index (χ3n) is 3.54. The highest BCUT2D eigenvalue weighted by molar-refractivity contribution is 9.11. The molecule has 9 heteroatoms. The van der Waals surface area contributed by atoms with Crippen molar-refractivity contribution in [2.75, 3.05) is 45.6 Å². The molecule has 1 saturated heterocycles. The molecule has 1 aliphatic heterocycles. The van der Waals surface area contributed by atoms with E-state index in [0.717, 1.165) is 37.4 Å². The van der Waals surface area contributed by atoms with Gasteiger partial charge in [-0.25, -0.2) is 4.98 Å². The lowest BCUT2D eigenvalue weighted by molar-refractivity contribution is -0.141. The predicted octanol–water partition coefficient (Wildman–Crippen LogP) is 2.97. The molecule has 1 aromatic rings. The highest BCUT2D eigenvalue weighted by atomic mass is 79.9. The van der Waals surface area contributed by atoms with Gasteiger partial charge in [-0.2, -0.15) is 13.2 Å². The normalized spacial score (nSPS) is 20.4. The maximum Gasteiger partial charge on any atom is 0.435 e. The minimum atomic E-state index is -4.41. The van der Waals surface area contributed by atoms with E-state index in [1.54, 1.807) is 0 Å². The van der Waals surface area contributed by atoms with Gasteiger partial charge in [0.25, 0.3) is 0 Å². The van der Waals surface area contributed by atoms with E-state index in [0.29, 0.717) is 17.7 Å². The molecule has 1 aromatic heterocycles. The summed E-state index contributed by atoms with van der Waals surface area (Å²) in [7, 11) is 4.14. The van der Waals surface area contributed by atoms with Crippen molar-refractivity contribution in [1.82, 2.24) is 14.8 Å². The zero-order valence-electron chi connectivity index (χ0n) is 11.9. The Morgan fingerprint density at radius 3 is 2.71 bits per heavy atom. The molecule has 1 N–H and O–H groups in total. The Bertz CT molecular complexity index is 478. The highest BCUT2D eigenvalue weighted by Crippen LogP contribution is 2.39. The van der Waals surface area contributed by atoms with E-state index in [1.165, 1.54) is 0 Å². The fraction of sp³-hybridized carbons (Fsp3) is 0.750. The first-order chi connectivity index (χ1) is 9.77. The van der Waals surface area contributed by atoms with Crippen LogP contribution in [0, 0.1) is 0 Å². The fourth-order valence-corrected chi connectivity index (χ4v) is 3.82. The van der Waals surface area contributed by atoms with Crippen LogP contribution in [0.2, 0.25) is 0 Å². The van der Waals surface area contributed by atoms with E-state index in [4.69, 9.17) is 0 Å². The molecule has 0 radical (unpaired) electrons. The molecule has 0 spiro atoms. The van der Waals surface area contributed by atoms with E-state index in [1.807, 2.05) is 0 Å². The quantitative estimate of drug-likeness (QED) is 0.842. The Kier molecular flexibility index (Phi) is 5.50. The van der Waals surface area contributed by atoms with E-state index in [9.17, 15) is 13.2 Å². The zero-order chi connectivity index (χ0) is 15.6. The molecule has 120 valence electrons. The van der Waals surface area contributed by atoms with Gasteiger partial charge in [0.2, 0.25) is 0 Å². The molecule has 1 aliphatic rings. The number of alkyl halides is 3. The van der Waals surface area contributed by atoms with Crippen LogP contribution in [0.15, 0.2) is 3.79 Å². The predicted molar refractivity (Wildman–Crippen MR) is 81.8 cm³/mol. The molecule has 0 bridgehead atoms. The lowest BCUT2D eigenvalue weighted by Gasteiger charge is -2.20. The lowest BCUT2D eigenvalue weighted by atomic mass is 10.2. The van der Waals surface area contributed by atoms with Gasteiger partial charge in [-0.1, -0.05) is 11.3 Å². The third kappa shape index (κ3) is 4.54. The maximum atomic E-state index is 12.6. The number of likely N-dealkylation sites (N-methyl/N-ethyl adjacent to an activating group) is 1. The Balaban J connectivity index is 1.80. The second kappa shape index (κ2) is 6.80. The van der Waals surface area contributed by atoms with Crippen molar-refractivity contribution < 1.29 is 13.2 Å². The van der Waals surface area contributed by atoms with Crippen LogP contribution in [0.5, 0.6) is 0 Å². The zero-order valence-corrected chi connectivity index (χ0v) is 14.3. The molecule has 0 aliphatic carbocycles. The molecule has 0 unspecified atom stereocenters. The van der Waals surface area contributed by atoms with E-state index >= 15 is 0 Å². The summed E-state index contributed by atoms with van der Waals surface area (Å²) in [5.74, 6) is 0. The van der Waals surface area contributed by atoms with Gasteiger partial charge in [0.15, 0.2) is 10.8 Å². The summed E-state index contributed by atoms with van der Waals surface area (Å²) in [5.41, 5.74) is -0.858. The average molecular weight is 387 g/mol. The topological polar surface area (TPSA) is 31.4 Å². The van der Waals surface area contributed by atoms with Crippen LogP contribution >= 0.6 is 27.3 Å². The molecule has 21 heavy (non-hydrogen) atoms. The number of likely N-dealkylation sites (tertiary alicyclic amines) is 1. The summed E-state index contributed by atoms with van der Waals surface area (Å²) in [6.07, 6.45) is -3.28. The van der Waals surface area contributed by atoms with Crippen molar-refractivity contribution in [1.29, 1.82) is 0 Å². The Labute approximate surface area is 134 Å². The van der Waals surface area contributed by atoms with Gasteiger partial charge in [-0.3, -0.25) is 4.90 Å². The smallest absolute Gasteiger partial charge is 0.360 e. The molecular formula is C12H18BrF3N4S. The monoisotopic (exact) mass is 386 g/mol. The molecule has 0 saturated carbocycles. The maximum absolute atomic E-state index is 12.6. The molecule has 2 heterocycles. The lowest BCUT2D eigenvalue weighted by Crippen LogP contribution is -2.33. The van der Waals surface area contributed by atoms with Gasteiger partial charge in [-0.15, -0.1) is 0 Å². The van der Waals surface area contributed by atoms with Gasteiger partial charge in [0, 0.05) is 25.7 Å². The molecule has 1 atom stereocenters. The van der Waals surface area contributed by atoms with Crippen molar-refractivity contribution in [3.8, 4) is 0 Å². The second-order valence-corrected chi connectivity index (χ2v) is 7.59. The second-order valence-electron chi connectivity index (χ2n) is 5.27. The third-order valence-corrected chi connectivity index (χ3v) is 5.20. The Morgan fingerprint density at radius 2 is 2.19 bits per heavy atom. The summed E-state index contributed by atoms with van der Waals surface area (Å²) in [5, 5.41) is 3.27. The molecule has 1 fully saturated rings. The van der Waals surface area contributed by atoms with Crippen LogP contribution in [0.4, 0.5) is 18.3 Å². The summed E-state index contributed by atoms with van der Waals surface area (Å²) in [4.78, 5) is 8.12. The van der Waals surface area contributed by atoms with Crippen molar-refractivity contribution in [3.63, 3.8) is 0 Å². The van der Waals surface area contributed by atoms with Gasteiger partial charge in [0.05, 0.1) is 0 Å². The number of thiazole rings is 1. The van der Waals surface area contributed by atoms with Gasteiger partial charge in [-0.05, 0) is 43.0 Å².